The lowest BCUT2D eigenvalue weighted by atomic mass is 9.94. The molecule has 13 heteroatoms. The second kappa shape index (κ2) is 8.98. The van der Waals surface area contributed by atoms with Gasteiger partial charge in [-0.3, -0.25) is 0 Å². The molecule has 0 aliphatic carbocycles. The number of rotatable bonds is 7. The maximum atomic E-state index is 12.5. The van der Waals surface area contributed by atoms with Gasteiger partial charge < -0.3 is 14.9 Å². The van der Waals surface area contributed by atoms with Crippen molar-refractivity contribution < 1.29 is 36.5 Å². The Morgan fingerprint density at radius 1 is 1.24 bits per heavy atom. The Balaban J connectivity index is 1.76. The maximum Gasteiger partial charge on any atom is 0.573 e. The smallest absolute Gasteiger partial charge is 0.406 e. The van der Waals surface area contributed by atoms with Gasteiger partial charge in [0.25, 0.3) is 0 Å². The Morgan fingerprint density at radius 2 is 1.91 bits per heavy atom. The monoisotopic (exact) mass is 498 g/mol. The Labute approximate surface area is 192 Å². The fourth-order valence-corrected chi connectivity index (χ4v) is 5.09. The fourth-order valence-electron chi connectivity index (χ4n) is 3.80. The highest BCUT2D eigenvalue weighted by Crippen LogP contribution is 2.37. The zero-order valence-corrected chi connectivity index (χ0v) is 18.7. The number of sulfonamides is 1. The SMILES string of the molecule is CC=CS(=O)(=O)N1CC(c2nn(-c3ccc(OC(F)(F)F)cc3)c3nccc(C(O)CO)c23)C1. The zero-order chi connectivity index (χ0) is 24.7. The molecule has 0 bridgehead atoms. The van der Waals surface area contributed by atoms with E-state index >= 15 is 0 Å². The number of ether oxygens (including phenoxy) is 1. The molecule has 1 aromatic carbocycles. The highest BCUT2D eigenvalue weighted by molar-refractivity contribution is 7.92. The topological polar surface area (TPSA) is 118 Å². The summed E-state index contributed by atoms with van der Waals surface area (Å²) in [5, 5.41) is 26.0. The molecule has 1 saturated heterocycles. The van der Waals surface area contributed by atoms with E-state index in [0.29, 0.717) is 28.0 Å². The van der Waals surface area contributed by atoms with Crippen LogP contribution in [0.3, 0.4) is 0 Å². The second-order valence-corrected chi connectivity index (χ2v) is 9.48. The van der Waals surface area contributed by atoms with Crippen molar-refractivity contribution in [1.29, 1.82) is 0 Å². The van der Waals surface area contributed by atoms with Crippen LogP contribution in [0.4, 0.5) is 13.2 Å². The average Bonchev–Trinajstić information content (AvgIpc) is 3.10. The molecule has 1 atom stereocenters. The predicted octanol–water partition coefficient (Wildman–Crippen LogP) is 2.61. The van der Waals surface area contributed by atoms with Crippen molar-refractivity contribution in [3.63, 3.8) is 0 Å². The molecule has 3 aromatic rings. The highest BCUT2D eigenvalue weighted by Gasteiger charge is 2.39. The van der Waals surface area contributed by atoms with Crippen LogP contribution < -0.4 is 4.74 Å². The quantitative estimate of drug-likeness (QED) is 0.514. The van der Waals surface area contributed by atoms with Gasteiger partial charge in [-0.15, -0.1) is 13.2 Å². The van der Waals surface area contributed by atoms with Crippen molar-refractivity contribution in [1.82, 2.24) is 19.1 Å². The number of benzene rings is 1. The molecule has 1 aliphatic heterocycles. The minimum absolute atomic E-state index is 0.153. The third kappa shape index (κ3) is 4.64. The first-order valence-corrected chi connectivity index (χ1v) is 11.7. The van der Waals surface area contributed by atoms with Crippen LogP contribution >= 0.6 is 0 Å². The van der Waals surface area contributed by atoms with E-state index in [1.807, 2.05) is 0 Å². The van der Waals surface area contributed by atoms with Gasteiger partial charge in [-0.1, -0.05) is 6.08 Å². The van der Waals surface area contributed by atoms with Gasteiger partial charge in [-0.05, 0) is 42.8 Å². The van der Waals surface area contributed by atoms with Gasteiger partial charge in [0.1, 0.15) is 11.9 Å². The summed E-state index contributed by atoms with van der Waals surface area (Å²) < 4.78 is 68.6. The van der Waals surface area contributed by atoms with Crippen molar-refractivity contribution in [3.05, 3.63) is 59.3 Å². The van der Waals surface area contributed by atoms with E-state index in [0.717, 1.165) is 17.5 Å². The average molecular weight is 498 g/mol. The lowest BCUT2D eigenvalue weighted by Gasteiger charge is -2.36. The van der Waals surface area contributed by atoms with Crippen LogP contribution in [-0.2, 0) is 10.0 Å². The number of aliphatic hydroxyl groups excluding tert-OH is 2. The van der Waals surface area contributed by atoms with Gasteiger partial charge >= 0.3 is 6.36 Å². The molecule has 2 N–H and O–H groups in total. The van der Waals surface area contributed by atoms with E-state index in [-0.39, 0.29) is 19.0 Å². The van der Waals surface area contributed by atoms with Crippen LogP contribution in [0.1, 0.15) is 30.2 Å². The molecule has 2 aromatic heterocycles. The zero-order valence-electron chi connectivity index (χ0n) is 17.8. The molecule has 1 aliphatic rings. The molecule has 9 nitrogen and oxygen atoms in total. The van der Waals surface area contributed by atoms with Crippen LogP contribution in [0.15, 0.2) is 48.0 Å². The normalized spacial score (nSPS) is 16.8. The van der Waals surface area contributed by atoms with Gasteiger partial charge in [0.05, 0.1) is 18.0 Å². The minimum Gasteiger partial charge on any atom is -0.406 e. The first-order valence-electron chi connectivity index (χ1n) is 10.2. The lowest BCUT2D eigenvalue weighted by molar-refractivity contribution is -0.274. The molecule has 182 valence electrons. The molecular formula is C21H21F3N4O5S. The van der Waals surface area contributed by atoms with Gasteiger partial charge in [0.2, 0.25) is 10.0 Å². The molecule has 4 rings (SSSR count). The van der Waals surface area contributed by atoms with Gasteiger partial charge in [-0.2, -0.15) is 9.40 Å². The molecule has 0 radical (unpaired) electrons. The Hall–Kier alpha value is -3.00. The number of fused-ring (bicyclic) bond motifs is 1. The van der Waals surface area contributed by atoms with Gasteiger partial charge in [0, 0.05) is 36.0 Å². The summed E-state index contributed by atoms with van der Waals surface area (Å²) in [4.78, 5) is 4.33. The summed E-state index contributed by atoms with van der Waals surface area (Å²) in [6, 6.07) is 6.55. The number of halogens is 3. The number of pyridine rings is 1. The maximum absolute atomic E-state index is 12.5. The standard InChI is InChI=1S/C21H21F3N4O5S/c1-2-9-34(31,32)27-10-13(11-27)19-18-16(17(30)12-29)7-8-25-20(18)28(26-19)14-3-5-15(6-4-14)33-21(22,23)24/h2-9,13,17,29-30H,10-12H2,1H3. The molecule has 1 fully saturated rings. The van der Waals surface area contributed by atoms with Gasteiger partial charge in [0.15, 0.2) is 5.65 Å². The number of nitrogens with zero attached hydrogens (tertiary/aromatic N) is 4. The Bertz CT molecular complexity index is 1320. The number of hydrogen-bond acceptors (Lipinski definition) is 7. The first kappa shape index (κ1) is 24.1. The van der Waals surface area contributed by atoms with Crippen molar-refractivity contribution in [2.45, 2.75) is 25.3 Å². The summed E-state index contributed by atoms with van der Waals surface area (Å²) in [6.45, 7) is 1.35. The van der Waals surface area contributed by atoms with Gasteiger partial charge in [-0.25, -0.2) is 18.1 Å². The predicted molar refractivity (Wildman–Crippen MR) is 116 cm³/mol. The number of aromatic nitrogens is 3. The molecule has 34 heavy (non-hydrogen) atoms. The van der Waals surface area contributed by atoms with Crippen LogP contribution in [0, 0.1) is 0 Å². The molecule has 0 amide bonds. The third-order valence-corrected chi connectivity index (χ3v) is 7.01. The number of allylic oxidation sites excluding steroid dienone is 1. The number of hydrogen-bond donors (Lipinski definition) is 2. The van der Waals surface area contributed by atoms with E-state index in [4.69, 9.17) is 0 Å². The van der Waals surface area contributed by atoms with Crippen LogP contribution in [-0.4, -0.2) is 63.8 Å². The largest absolute Gasteiger partial charge is 0.573 e. The van der Waals surface area contributed by atoms with E-state index in [1.54, 1.807) is 6.92 Å². The van der Waals surface area contributed by atoms with E-state index in [9.17, 15) is 31.8 Å². The summed E-state index contributed by atoms with van der Waals surface area (Å²) >= 11 is 0. The molecule has 0 spiro atoms. The first-order chi connectivity index (χ1) is 16.0. The summed E-state index contributed by atoms with van der Waals surface area (Å²) in [7, 11) is -3.56. The summed E-state index contributed by atoms with van der Waals surface area (Å²) in [5.74, 6) is -0.716. The molecule has 0 saturated carbocycles. The summed E-state index contributed by atoms with van der Waals surface area (Å²) in [5.41, 5.74) is 1.51. The lowest BCUT2D eigenvalue weighted by Crippen LogP contribution is -2.47. The number of alkyl halides is 3. The Morgan fingerprint density at radius 3 is 2.50 bits per heavy atom. The van der Waals surface area contributed by atoms with Crippen LogP contribution in [0.25, 0.3) is 16.7 Å². The second-order valence-electron chi connectivity index (χ2n) is 7.66. The van der Waals surface area contributed by atoms with Crippen LogP contribution in [0.5, 0.6) is 5.75 Å². The van der Waals surface area contributed by atoms with E-state index in [1.165, 1.54) is 39.5 Å². The summed E-state index contributed by atoms with van der Waals surface area (Å²) in [6.07, 6.45) is -3.21. The molecule has 1 unspecified atom stereocenters. The van der Waals surface area contributed by atoms with Crippen molar-refractivity contribution in [2.24, 2.45) is 0 Å². The van der Waals surface area contributed by atoms with Crippen molar-refractivity contribution in [3.8, 4) is 11.4 Å². The third-order valence-electron chi connectivity index (χ3n) is 5.38. The number of aliphatic hydroxyl groups is 2. The molecule has 3 heterocycles. The Kier molecular flexibility index (Phi) is 6.38. The van der Waals surface area contributed by atoms with Crippen molar-refractivity contribution >= 4 is 21.1 Å². The van der Waals surface area contributed by atoms with Crippen LogP contribution in [0.2, 0.25) is 0 Å². The van der Waals surface area contributed by atoms with Crippen molar-refractivity contribution in [2.75, 3.05) is 19.7 Å². The molecular weight excluding hydrogens is 477 g/mol. The van der Waals surface area contributed by atoms with E-state index < -0.39 is 34.8 Å². The minimum atomic E-state index is -4.83. The highest BCUT2D eigenvalue weighted by atomic mass is 32.2. The fraction of sp³-hybridized carbons (Fsp3) is 0.333. The van der Waals surface area contributed by atoms with E-state index in [2.05, 4.69) is 14.8 Å².